The van der Waals surface area contributed by atoms with E-state index in [9.17, 15) is 86.9 Å². The van der Waals surface area contributed by atoms with Gasteiger partial charge in [0.1, 0.15) is 31.1 Å². The molecule has 0 aliphatic carbocycles. The molecule has 4 atom stereocenters. The average Bonchev–Trinajstić information content (AvgIpc) is 0.890. The van der Waals surface area contributed by atoms with E-state index >= 15 is 0 Å². The Hall–Kier alpha value is -12.0. The maximum absolute atomic E-state index is 13.2. The lowest BCUT2D eigenvalue weighted by Crippen LogP contribution is -2.52. The molecule has 0 aliphatic heterocycles. The Morgan fingerprint density at radius 3 is 1.10 bits per heavy atom. The van der Waals surface area contributed by atoms with E-state index in [4.69, 9.17) is 62.4 Å². The van der Waals surface area contributed by atoms with E-state index in [-0.39, 0.29) is 172 Å². The number of aliphatic imine (C=N–C) groups is 3. The minimum atomic E-state index is -1.53. The molecule has 109 heavy (non-hydrogen) atoms. The highest BCUT2D eigenvalue weighted by atomic mass is 16.4. The first-order valence-electron chi connectivity index (χ1n) is 34.1. The molecule has 27 N–H and O–H groups in total. The van der Waals surface area contributed by atoms with Crippen molar-refractivity contribution in [1.29, 1.82) is 0 Å². The zero-order valence-electron chi connectivity index (χ0n) is 60.8. The van der Waals surface area contributed by atoms with Gasteiger partial charge < -0.3 is 123 Å². The lowest BCUT2D eigenvalue weighted by atomic mass is 10.1. The van der Waals surface area contributed by atoms with Crippen molar-refractivity contribution in [2.75, 3.05) is 118 Å². The minimum Gasteiger partial charge on any atom is -0.481 e. The monoisotopic (exact) mass is 1540 g/mol. The fourth-order valence-electron chi connectivity index (χ4n) is 9.99. The van der Waals surface area contributed by atoms with Crippen LogP contribution in [-0.4, -0.2) is 299 Å². The van der Waals surface area contributed by atoms with Crippen LogP contribution in [0.2, 0.25) is 0 Å². The van der Waals surface area contributed by atoms with E-state index in [0.29, 0.717) is 12.8 Å². The molecule has 2 rings (SSSR count). The maximum Gasteiger partial charge on any atom is 0.312 e. The Bertz CT molecular complexity index is 3430. The zero-order chi connectivity index (χ0) is 81.4. The summed E-state index contributed by atoms with van der Waals surface area (Å²) < 4.78 is 0. The summed E-state index contributed by atoms with van der Waals surface area (Å²) in [5.41, 5.74) is 57.6. The van der Waals surface area contributed by atoms with Crippen LogP contribution >= 0.6 is 0 Å². The quantitative estimate of drug-likeness (QED) is 0.0166. The number of carbonyl (C=O) groups is 16. The molecule has 2 aromatic rings. The average molecular weight is 1540 g/mol. The number of carboxylic acids is 3. The summed E-state index contributed by atoms with van der Waals surface area (Å²) in [7, 11) is 0. The smallest absolute Gasteiger partial charge is 0.312 e. The van der Waals surface area contributed by atoms with Crippen LogP contribution in [0.25, 0.3) is 0 Å². The molecule has 42 heteroatoms. The number of guanidine groups is 3. The standard InChI is InChI=1S/C48H73N17O13.C18H32N6O6.CH4/c49-33(21-31-7-3-1-4-8-31)25-64(40(70)12-15-59-47(52)53)28-37(67)57-17-19-62(42(72)23-44(74)75)27-36(66)56-14-11-35(46(51)78)61-39(69)30-63(43(73)24-45(76)77)20-18-58-38(68)29-65(41(71)13-16-60-48(54)55)26-34(50)22-32-9-5-2-6-10-32;1-12(19)9-24(15(27)5-6-22-18(20)21)11-14(26)4-3-7-23(10-13(2)25)16(28)8-17(29)30;/h1-10,33-35H,11-30,49-50H2,(H2,51,78)(H,56,66)(H,57,67)(H,58,68)(H,61,69)(H,74,75)(H,76,77)(H4,52,53,59)(H4,54,55,60);12H,3-11,19H2,1-2H3,(H,29,30)(H4,20,21,22);1H4/t33-,34-,35-;12-;/m00./s1. The van der Waals surface area contributed by atoms with E-state index in [1.54, 1.807) is 6.92 Å². The second kappa shape index (κ2) is 53.8. The number of amides is 11. The number of hydrogen-bond donors (Lipinski definition) is 17. The van der Waals surface area contributed by atoms with E-state index in [2.05, 4.69) is 36.2 Å². The van der Waals surface area contributed by atoms with E-state index in [0.717, 1.165) is 25.8 Å². The number of nitrogens with zero attached hydrogens (tertiary/aromatic N) is 9. The number of rotatable bonds is 52. The van der Waals surface area contributed by atoms with Gasteiger partial charge in [0, 0.05) is 103 Å². The Kier molecular flexibility index (Phi) is 47.9. The predicted octanol–water partition coefficient (Wildman–Crippen LogP) is -7.87. The van der Waals surface area contributed by atoms with Crippen molar-refractivity contribution in [3.63, 3.8) is 0 Å². The van der Waals surface area contributed by atoms with Crippen molar-refractivity contribution in [2.24, 2.45) is 72.3 Å². The number of carbonyl (C=O) groups excluding carboxylic acids is 13. The highest BCUT2D eigenvalue weighted by Crippen LogP contribution is 2.10. The lowest BCUT2D eigenvalue weighted by molar-refractivity contribution is -0.147. The van der Waals surface area contributed by atoms with Crippen molar-refractivity contribution >= 4 is 112 Å². The third kappa shape index (κ3) is 47.3. The van der Waals surface area contributed by atoms with Crippen molar-refractivity contribution < 1.29 is 92.0 Å². The number of nitrogens with one attached hydrogen (secondary N) is 4. The highest BCUT2D eigenvalue weighted by molar-refractivity contribution is 5.98. The molecule has 0 fully saturated rings. The van der Waals surface area contributed by atoms with Crippen molar-refractivity contribution in [3.05, 3.63) is 71.8 Å². The van der Waals surface area contributed by atoms with Crippen LogP contribution in [0, 0.1) is 0 Å². The Morgan fingerprint density at radius 1 is 0.422 bits per heavy atom. The molecule has 2 aromatic carbocycles. The maximum atomic E-state index is 13.2. The second-order valence-electron chi connectivity index (χ2n) is 24.7. The van der Waals surface area contributed by atoms with E-state index in [1.165, 1.54) is 21.6 Å². The molecule has 0 bridgehead atoms. The molecule has 0 spiro atoms. The molecule has 0 saturated carbocycles. The van der Waals surface area contributed by atoms with Crippen LogP contribution in [0.3, 0.4) is 0 Å². The minimum absolute atomic E-state index is 0. The molecule has 0 radical (unpaired) electrons. The molecular formula is C67H109N23O19. The van der Waals surface area contributed by atoms with Gasteiger partial charge in [0.25, 0.3) is 0 Å². The number of Topliss-reactive ketones (excluding diaryl/α,β-unsaturated/α-hetero) is 2. The van der Waals surface area contributed by atoms with Crippen molar-refractivity contribution in [2.45, 2.75) is 116 Å². The number of carboxylic acid groups (broad SMARTS) is 3. The number of nitrogens with two attached hydrogens (primary N) is 10. The van der Waals surface area contributed by atoms with Gasteiger partial charge in [-0.25, -0.2) is 0 Å². The Balaban J connectivity index is 0.00000315. The van der Waals surface area contributed by atoms with Gasteiger partial charge in [-0.1, -0.05) is 68.1 Å². The first kappa shape index (κ1) is 97.0. The van der Waals surface area contributed by atoms with Crippen LogP contribution < -0.4 is 78.6 Å². The first-order chi connectivity index (χ1) is 50.8. The molecule has 11 amide bonds. The van der Waals surface area contributed by atoms with Gasteiger partial charge in [0.15, 0.2) is 23.7 Å². The van der Waals surface area contributed by atoms with Crippen LogP contribution in [0.4, 0.5) is 0 Å². The number of aliphatic carboxylic acids is 3. The van der Waals surface area contributed by atoms with Gasteiger partial charge in [-0.2, -0.15) is 0 Å². The van der Waals surface area contributed by atoms with Gasteiger partial charge >= 0.3 is 17.9 Å². The Labute approximate surface area is 630 Å². The number of ketones is 2. The molecule has 0 aliphatic rings. The SMILES string of the molecule is C.CC(=O)CN(CCCC(=O)CN(C[C@H](C)N)C(=O)CCN=C(N)N)C(=O)CC(=O)O.NC(=O)[C@H](CCNC(=O)CN(CCNC(=O)CN(C[C@@H](N)Cc1ccccc1)C(=O)CCN=C(N)N)C(=O)CC(=O)O)NC(=O)CN(CCNC(=O)CN(C[C@@H](N)Cc1ccccc1)C(=O)CCN=C(N)N)C(=O)CC(=O)O. The largest absolute Gasteiger partial charge is 0.481 e. The molecule has 0 heterocycles. The summed E-state index contributed by atoms with van der Waals surface area (Å²) >= 11 is 0. The van der Waals surface area contributed by atoms with Gasteiger partial charge in [0.05, 0.1) is 58.9 Å². The summed E-state index contributed by atoms with van der Waals surface area (Å²) in [5.74, 6) is -13.8. The first-order valence-corrected chi connectivity index (χ1v) is 34.1. The predicted molar refractivity (Wildman–Crippen MR) is 398 cm³/mol. The fraction of sp³-hybridized carbons (Fsp3) is 0.537. The van der Waals surface area contributed by atoms with Crippen LogP contribution in [0.5, 0.6) is 0 Å². The van der Waals surface area contributed by atoms with Gasteiger partial charge in [-0.3, -0.25) is 91.7 Å². The Morgan fingerprint density at radius 2 is 0.761 bits per heavy atom. The number of hydrogen-bond acceptors (Lipinski definition) is 22. The molecule has 42 nitrogen and oxygen atoms in total. The van der Waals surface area contributed by atoms with Gasteiger partial charge in [-0.15, -0.1) is 0 Å². The summed E-state index contributed by atoms with van der Waals surface area (Å²) in [6.45, 7) is -1.40. The van der Waals surface area contributed by atoms with Crippen LogP contribution in [0.1, 0.15) is 90.2 Å². The summed E-state index contributed by atoms with van der Waals surface area (Å²) in [4.78, 5) is 216. The third-order valence-electron chi connectivity index (χ3n) is 14.8. The third-order valence-corrected chi connectivity index (χ3v) is 14.8. The summed E-state index contributed by atoms with van der Waals surface area (Å²) in [6.07, 6.45) is -2.37. The van der Waals surface area contributed by atoms with E-state index in [1.807, 2.05) is 60.7 Å². The van der Waals surface area contributed by atoms with E-state index < -0.39 is 147 Å². The normalized spacial score (nSPS) is 11.5. The number of primary amides is 1. The topological polar surface area (TPSA) is 699 Å². The van der Waals surface area contributed by atoms with Gasteiger partial charge in [-0.05, 0) is 50.7 Å². The lowest BCUT2D eigenvalue weighted by Gasteiger charge is -2.26. The second-order valence-corrected chi connectivity index (χ2v) is 24.7. The molecule has 0 saturated heterocycles. The zero-order valence-corrected chi connectivity index (χ0v) is 60.8. The van der Waals surface area contributed by atoms with Crippen molar-refractivity contribution in [1.82, 2.24) is 50.7 Å². The molecular weight excluding hydrogens is 1430 g/mol. The highest BCUT2D eigenvalue weighted by Gasteiger charge is 2.28. The molecule has 0 unspecified atom stereocenters. The fourth-order valence-corrected chi connectivity index (χ4v) is 9.99. The van der Waals surface area contributed by atoms with Gasteiger partial charge in [0.2, 0.25) is 65.0 Å². The van der Waals surface area contributed by atoms with Crippen LogP contribution in [-0.2, 0) is 89.6 Å². The number of benzene rings is 2. The summed E-state index contributed by atoms with van der Waals surface area (Å²) in [5, 5.41) is 37.1. The summed E-state index contributed by atoms with van der Waals surface area (Å²) in [6, 6.07) is 15.4. The van der Waals surface area contributed by atoms with Crippen LogP contribution in [0.15, 0.2) is 75.6 Å². The molecule has 0 aromatic heterocycles. The molecule has 606 valence electrons. The van der Waals surface area contributed by atoms with Crippen molar-refractivity contribution in [3.8, 4) is 0 Å².